The number of anilines is 2. The fourth-order valence-corrected chi connectivity index (χ4v) is 4.18. The van der Waals surface area contributed by atoms with Gasteiger partial charge in [0.1, 0.15) is 5.75 Å². The summed E-state index contributed by atoms with van der Waals surface area (Å²) >= 11 is 1.52. The van der Waals surface area contributed by atoms with Crippen molar-refractivity contribution in [2.24, 2.45) is 0 Å². The largest absolute Gasteiger partial charge is 0.497 e. The van der Waals surface area contributed by atoms with Crippen molar-refractivity contribution in [3.63, 3.8) is 0 Å². The Balaban J connectivity index is 1.68. The van der Waals surface area contributed by atoms with Gasteiger partial charge in [0.05, 0.1) is 17.7 Å². The number of carbonyl (C=O) groups is 1. The van der Waals surface area contributed by atoms with E-state index in [4.69, 9.17) is 4.74 Å². The van der Waals surface area contributed by atoms with Crippen molar-refractivity contribution in [3.8, 4) is 16.2 Å². The van der Waals surface area contributed by atoms with Crippen molar-refractivity contribution in [3.05, 3.63) is 101 Å². The smallest absolute Gasteiger partial charge is 0.179 e. The number of ketones is 1. The van der Waals surface area contributed by atoms with E-state index in [1.54, 1.807) is 7.11 Å². The number of hydrogen-bond acceptors (Lipinski definition) is 4. The Labute approximate surface area is 174 Å². The molecule has 3 nitrogen and oxygen atoms in total. The van der Waals surface area contributed by atoms with Crippen LogP contribution < -0.4 is 10.1 Å². The zero-order chi connectivity index (χ0) is 20.1. The molecule has 0 spiro atoms. The molecular formula is C25H21NO2S. The van der Waals surface area contributed by atoms with Crippen LogP contribution in [0.15, 0.2) is 91.0 Å². The van der Waals surface area contributed by atoms with Crippen LogP contribution >= 0.6 is 11.3 Å². The lowest BCUT2D eigenvalue weighted by Crippen LogP contribution is -2.04. The van der Waals surface area contributed by atoms with Crippen LogP contribution in [-0.2, 0) is 6.42 Å². The Kier molecular flexibility index (Phi) is 5.73. The van der Waals surface area contributed by atoms with Crippen LogP contribution in [0.2, 0.25) is 0 Å². The summed E-state index contributed by atoms with van der Waals surface area (Å²) in [5, 5.41) is 3.42. The maximum absolute atomic E-state index is 13.1. The van der Waals surface area contributed by atoms with Crippen LogP contribution in [0, 0.1) is 0 Å². The van der Waals surface area contributed by atoms with Crippen molar-refractivity contribution in [2.75, 3.05) is 12.4 Å². The van der Waals surface area contributed by atoms with Crippen molar-refractivity contribution < 1.29 is 9.53 Å². The fraction of sp³-hybridized carbons (Fsp3) is 0.0800. The first-order chi connectivity index (χ1) is 14.2. The minimum Gasteiger partial charge on any atom is -0.497 e. The Morgan fingerprint density at radius 1 is 0.897 bits per heavy atom. The maximum Gasteiger partial charge on any atom is 0.179 e. The minimum absolute atomic E-state index is 0.111. The standard InChI is InChI=1S/C25H21NO2S/c1-28-21-14-12-19(13-15-21)24-17-22(26-20-10-6-3-7-11-20)25(29-24)23(27)16-18-8-4-2-5-9-18/h2-15,17,26H,16H2,1H3. The molecule has 0 bridgehead atoms. The average molecular weight is 400 g/mol. The Hall–Kier alpha value is -3.37. The molecule has 3 aromatic carbocycles. The van der Waals surface area contributed by atoms with Crippen molar-refractivity contribution >= 4 is 28.5 Å². The molecule has 0 amide bonds. The van der Waals surface area contributed by atoms with Gasteiger partial charge in [0.2, 0.25) is 0 Å². The lowest BCUT2D eigenvalue weighted by Gasteiger charge is -2.07. The molecule has 0 aliphatic carbocycles. The number of methoxy groups -OCH3 is 1. The molecule has 144 valence electrons. The molecule has 0 atom stereocenters. The van der Waals surface area contributed by atoms with E-state index in [-0.39, 0.29) is 5.78 Å². The Morgan fingerprint density at radius 2 is 1.55 bits per heavy atom. The van der Waals surface area contributed by atoms with E-state index in [0.717, 1.165) is 38.0 Å². The summed E-state index contributed by atoms with van der Waals surface area (Å²) in [4.78, 5) is 14.9. The molecule has 1 aromatic heterocycles. The number of ether oxygens (including phenoxy) is 1. The highest BCUT2D eigenvalue weighted by Gasteiger charge is 2.18. The van der Waals surface area contributed by atoms with E-state index >= 15 is 0 Å². The summed E-state index contributed by atoms with van der Waals surface area (Å²) in [7, 11) is 1.66. The fourth-order valence-electron chi connectivity index (χ4n) is 3.13. The molecule has 4 heteroatoms. The number of thiophene rings is 1. The van der Waals surface area contributed by atoms with Gasteiger partial charge in [-0.2, -0.15) is 0 Å². The summed E-state index contributed by atoms with van der Waals surface area (Å²) in [6.45, 7) is 0. The highest BCUT2D eigenvalue weighted by atomic mass is 32.1. The van der Waals surface area contributed by atoms with Crippen LogP contribution in [0.5, 0.6) is 5.75 Å². The zero-order valence-electron chi connectivity index (χ0n) is 16.1. The number of rotatable bonds is 7. The quantitative estimate of drug-likeness (QED) is 0.356. The summed E-state index contributed by atoms with van der Waals surface area (Å²) in [6.07, 6.45) is 0.382. The molecule has 0 fully saturated rings. The molecule has 0 saturated carbocycles. The highest BCUT2D eigenvalue weighted by Crippen LogP contribution is 2.37. The molecule has 0 aliphatic heterocycles. The van der Waals surface area contributed by atoms with Gasteiger partial charge in [-0.3, -0.25) is 4.79 Å². The maximum atomic E-state index is 13.1. The predicted molar refractivity (Wildman–Crippen MR) is 121 cm³/mol. The molecule has 0 unspecified atom stereocenters. The van der Waals surface area contributed by atoms with Crippen molar-refractivity contribution in [1.82, 2.24) is 0 Å². The molecular weight excluding hydrogens is 378 g/mol. The molecule has 0 radical (unpaired) electrons. The van der Waals surface area contributed by atoms with Crippen molar-refractivity contribution in [2.45, 2.75) is 6.42 Å². The predicted octanol–water partition coefficient (Wildman–Crippen LogP) is 6.59. The Bertz CT molecular complexity index is 1090. The van der Waals surface area contributed by atoms with Gasteiger partial charge in [-0.1, -0.05) is 48.5 Å². The summed E-state index contributed by atoms with van der Waals surface area (Å²) < 4.78 is 5.25. The van der Waals surface area contributed by atoms with Gasteiger partial charge < -0.3 is 10.1 Å². The van der Waals surface area contributed by atoms with Crippen LogP contribution in [0.3, 0.4) is 0 Å². The third kappa shape index (κ3) is 4.55. The van der Waals surface area contributed by atoms with E-state index in [1.165, 1.54) is 11.3 Å². The van der Waals surface area contributed by atoms with Crippen LogP contribution in [-0.4, -0.2) is 12.9 Å². The lowest BCUT2D eigenvalue weighted by atomic mass is 10.1. The summed E-state index contributed by atoms with van der Waals surface area (Å²) in [5.74, 6) is 0.924. The molecule has 1 N–H and O–H groups in total. The third-order valence-corrected chi connectivity index (χ3v) is 5.85. The summed E-state index contributed by atoms with van der Waals surface area (Å²) in [5.41, 5.74) is 3.88. The van der Waals surface area contributed by atoms with Crippen LogP contribution in [0.1, 0.15) is 15.2 Å². The van der Waals surface area contributed by atoms with Gasteiger partial charge in [-0.05, 0) is 53.6 Å². The van der Waals surface area contributed by atoms with E-state index < -0.39 is 0 Å². The number of hydrogen-bond donors (Lipinski definition) is 1. The first-order valence-corrected chi connectivity index (χ1v) is 10.2. The molecule has 1 heterocycles. The van der Waals surface area contributed by atoms with Crippen LogP contribution in [0.4, 0.5) is 11.4 Å². The van der Waals surface area contributed by atoms with E-state index in [9.17, 15) is 4.79 Å². The number of carbonyl (C=O) groups excluding carboxylic acids is 1. The highest BCUT2D eigenvalue weighted by molar-refractivity contribution is 7.18. The van der Waals surface area contributed by atoms with E-state index in [2.05, 4.69) is 11.4 Å². The normalized spacial score (nSPS) is 10.5. The molecule has 29 heavy (non-hydrogen) atoms. The Morgan fingerprint density at radius 3 is 2.21 bits per heavy atom. The van der Waals surface area contributed by atoms with Gasteiger partial charge in [-0.25, -0.2) is 0 Å². The van der Waals surface area contributed by atoms with Gasteiger partial charge in [0.25, 0.3) is 0 Å². The third-order valence-electron chi connectivity index (χ3n) is 4.62. The van der Waals surface area contributed by atoms with Gasteiger partial charge >= 0.3 is 0 Å². The zero-order valence-corrected chi connectivity index (χ0v) is 16.9. The van der Waals surface area contributed by atoms with Crippen molar-refractivity contribution in [1.29, 1.82) is 0 Å². The first-order valence-electron chi connectivity index (χ1n) is 9.40. The lowest BCUT2D eigenvalue weighted by molar-refractivity contribution is 0.0997. The second-order valence-corrected chi connectivity index (χ2v) is 7.71. The second kappa shape index (κ2) is 8.76. The topological polar surface area (TPSA) is 38.3 Å². The molecule has 4 aromatic rings. The van der Waals surface area contributed by atoms with Crippen LogP contribution in [0.25, 0.3) is 10.4 Å². The van der Waals surface area contributed by atoms with Gasteiger partial charge in [-0.15, -0.1) is 11.3 Å². The number of Topliss-reactive ketones (excluding diaryl/α,β-unsaturated/α-hetero) is 1. The number of benzene rings is 3. The van der Waals surface area contributed by atoms with Gasteiger partial charge in [0, 0.05) is 17.0 Å². The van der Waals surface area contributed by atoms with E-state index in [0.29, 0.717) is 6.42 Å². The first kappa shape index (κ1) is 19.0. The average Bonchev–Trinajstić information content (AvgIpc) is 3.19. The molecule has 0 saturated heterocycles. The molecule has 0 aliphatic rings. The molecule has 4 rings (SSSR count). The van der Waals surface area contributed by atoms with E-state index in [1.807, 2.05) is 84.9 Å². The van der Waals surface area contributed by atoms with Gasteiger partial charge in [0.15, 0.2) is 5.78 Å². The minimum atomic E-state index is 0.111. The monoisotopic (exact) mass is 399 g/mol. The SMILES string of the molecule is COc1ccc(-c2cc(Nc3ccccc3)c(C(=O)Cc3ccccc3)s2)cc1. The second-order valence-electron chi connectivity index (χ2n) is 6.66. The number of nitrogens with one attached hydrogen (secondary N) is 1. The summed E-state index contributed by atoms with van der Waals surface area (Å²) in [6, 6.07) is 29.7. The number of para-hydroxylation sites is 1.